The highest BCUT2D eigenvalue weighted by Crippen LogP contribution is 2.33. The molecule has 3 aromatic rings. The van der Waals surface area contributed by atoms with Crippen LogP contribution in [-0.4, -0.2) is 43.3 Å². The first-order chi connectivity index (χ1) is 18.6. The number of nitrogens with one attached hydrogen (secondary N) is 1. The molecule has 0 heterocycles. The van der Waals surface area contributed by atoms with Gasteiger partial charge in [0.25, 0.3) is 10.0 Å². The minimum absolute atomic E-state index is 0.00861. The molecule has 0 aliphatic heterocycles. The summed E-state index contributed by atoms with van der Waals surface area (Å²) in [6.07, 6.45) is 0. The maximum atomic E-state index is 14.0. The topological polar surface area (TPSA) is 86.8 Å². The number of amides is 2. The molecule has 7 nitrogen and oxygen atoms in total. The van der Waals surface area contributed by atoms with Crippen molar-refractivity contribution in [3.05, 3.63) is 93.5 Å². The van der Waals surface area contributed by atoms with E-state index in [0.29, 0.717) is 0 Å². The highest BCUT2D eigenvalue weighted by atomic mass is 35.5. The number of aryl methyl sites for hydroxylation is 2. The van der Waals surface area contributed by atoms with Crippen molar-refractivity contribution in [2.45, 2.75) is 64.6 Å². The summed E-state index contributed by atoms with van der Waals surface area (Å²) in [6.45, 7) is 10.4. The predicted octanol–water partition coefficient (Wildman–Crippen LogP) is 6.14. The van der Waals surface area contributed by atoms with Crippen molar-refractivity contribution >= 4 is 50.7 Å². The Morgan fingerprint density at radius 2 is 1.57 bits per heavy atom. The Bertz CT molecular complexity index is 1490. The van der Waals surface area contributed by atoms with Crippen LogP contribution in [0.15, 0.2) is 71.6 Å². The molecule has 0 bridgehead atoms. The molecule has 0 aromatic heterocycles. The van der Waals surface area contributed by atoms with E-state index in [9.17, 15) is 18.0 Å². The van der Waals surface area contributed by atoms with Crippen LogP contribution < -0.4 is 9.62 Å². The second-order valence-corrected chi connectivity index (χ2v) is 13.6. The van der Waals surface area contributed by atoms with Gasteiger partial charge in [0.2, 0.25) is 11.8 Å². The molecule has 0 spiro atoms. The zero-order valence-corrected chi connectivity index (χ0v) is 25.9. The number of benzene rings is 3. The number of anilines is 1. The molecule has 1 N–H and O–H groups in total. The van der Waals surface area contributed by atoms with Gasteiger partial charge in [0.15, 0.2) is 0 Å². The molecule has 0 aliphatic carbocycles. The Kier molecular flexibility index (Phi) is 9.93. The SMILES string of the molecule is Cc1ccc(S(=O)(=O)N(CC(=O)N(Cc2cccc(C)c2)[C@H](C)C(=O)NC(C)(C)C)c2cc(Cl)ccc2Cl)cc1. The van der Waals surface area contributed by atoms with Gasteiger partial charge in [-0.15, -0.1) is 0 Å². The second kappa shape index (κ2) is 12.6. The number of nitrogens with zero attached hydrogens (tertiary/aromatic N) is 2. The monoisotopic (exact) mass is 603 g/mol. The van der Waals surface area contributed by atoms with Crippen molar-refractivity contribution in [1.82, 2.24) is 10.2 Å². The summed E-state index contributed by atoms with van der Waals surface area (Å²) < 4.78 is 28.8. The summed E-state index contributed by atoms with van der Waals surface area (Å²) >= 11 is 12.7. The number of sulfonamides is 1. The first kappa shape index (κ1) is 31.5. The minimum Gasteiger partial charge on any atom is -0.350 e. The van der Waals surface area contributed by atoms with Gasteiger partial charge in [-0.05, 0) is 77.4 Å². The van der Waals surface area contributed by atoms with E-state index in [1.54, 1.807) is 19.1 Å². The summed E-state index contributed by atoms with van der Waals surface area (Å²) in [5, 5.41) is 3.27. The quantitative estimate of drug-likeness (QED) is 0.318. The Morgan fingerprint density at radius 1 is 0.925 bits per heavy atom. The van der Waals surface area contributed by atoms with Gasteiger partial charge in [-0.2, -0.15) is 0 Å². The number of hydrogen-bond donors (Lipinski definition) is 1. The third-order valence-electron chi connectivity index (χ3n) is 6.17. The van der Waals surface area contributed by atoms with Crippen LogP contribution in [0.5, 0.6) is 0 Å². The normalized spacial score (nSPS) is 12.5. The standard InChI is InChI=1S/C30H35Cl2N3O4S/c1-20-10-13-25(14-11-20)40(38,39)35(27-17-24(31)12-15-26(27)32)19-28(36)34(18-23-9-7-8-21(2)16-23)22(3)29(37)33-30(4,5)6/h7-17,22H,18-19H2,1-6H3,(H,33,37)/t22-/m1/s1. The molecule has 1 atom stereocenters. The Hall–Kier alpha value is -3.07. The van der Waals surface area contributed by atoms with E-state index in [-0.39, 0.29) is 33.1 Å². The van der Waals surface area contributed by atoms with Gasteiger partial charge in [0.1, 0.15) is 12.6 Å². The molecule has 0 radical (unpaired) electrons. The van der Waals surface area contributed by atoms with Crippen LogP contribution in [-0.2, 0) is 26.2 Å². The van der Waals surface area contributed by atoms with E-state index < -0.39 is 34.1 Å². The lowest BCUT2D eigenvalue weighted by Crippen LogP contribution is -2.54. The molecule has 0 aliphatic rings. The van der Waals surface area contributed by atoms with Crippen LogP contribution in [0.25, 0.3) is 0 Å². The summed E-state index contributed by atoms with van der Waals surface area (Å²) in [7, 11) is -4.25. The van der Waals surface area contributed by atoms with Crippen molar-refractivity contribution in [3.8, 4) is 0 Å². The number of hydrogen-bond acceptors (Lipinski definition) is 4. The summed E-state index contributed by atoms with van der Waals surface area (Å²) in [5.74, 6) is -0.938. The van der Waals surface area contributed by atoms with E-state index in [4.69, 9.17) is 23.2 Å². The third-order valence-corrected chi connectivity index (χ3v) is 8.49. The zero-order valence-electron chi connectivity index (χ0n) is 23.5. The van der Waals surface area contributed by atoms with E-state index in [1.165, 1.54) is 35.2 Å². The average Bonchev–Trinajstić information content (AvgIpc) is 2.86. The number of carbonyl (C=O) groups excluding carboxylic acids is 2. The number of rotatable bonds is 9. The van der Waals surface area contributed by atoms with Gasteiger partial charge in [-0.25, -0.2) is 8.42 Å². The van der Waals surface area contributed by atoms with Crippen LogP contribution in [0.1, 0.15) is 44.4 Å². The fourth-order valence-electron chi connectivity index (χ4n) is 4.09. The van der Waals surface area contributed by atoms with Crippen molar-refractivity contribution in [1.29, 1.82) is 0 Å². The smallest absolute Gasteiger partial charge is 0.264 e. The fraction of sp³-hybridized carbons (Fsp3) is 0.333. The van der Waals surface area contributed by atoms with Gasteiger partial charge in [-0.1, -0.05) is 70.7 Å². The van der Waals surface area contributed by atoms with E-state index in [1.807, 2.05) is 58.9 Å². The molecule has 3 aromatic carbocycles. The van der Waals surface area contributed by atoms with Gasteiger partial charge < -0.3 is 10.2 Å². The molecule has 214 valence electrons. The lowest BCUT2D eigenvalue weighted by Gasteiger charge is -2.33. The van der Waals surface area contributed by atoms with Crippen LogP contribution in [0.4, 0.5) is 5.69 Å². The summed E-state index contributed by atoms with van der Waals surface area (Å²) in [6, 6.07) is 17.4. The highest BCUT2D eigenvalue weighted by molar-refractivity contribution is 7.92. The molecule has 0 saturated carbocycles. The first-order valence-electron chi connectivity index (χ1n) is 12.8. The van der Waals surface area contributed by atoms with Gasteiger partial charge in [0, 0.05) is 17.1 Å². The van der Waals surface area contributed by atoms with Crippen molar-refractivity contribution in [3.63, 3.8) is 0 Å². The lowest BCUT2D eigenvalue weighted by atomic mass is 10.1. The molecule has 0 unspecified atom stereocenters. The second-order valence-electron chi connectivity index (χ2n) is 10.8. The van der Waals surface area contributed by atoms with Crippen molar-refractivity contribution in [2.24, 2.45) is 0 Å². The Morgan fingerprint density at radius 3 is 2.17 bits per heavy atom. The Balaban J connectivity index is 2.08. The molecule has 0 fully saturated rings. The molecular weight excluding hydrogens is 569 g/mol. The summed E-state index contributed by atoms with van der Waals surface area (Å²) in [5.41, 5.74) is 2.21. The van der Waals surface area contributed by atoms with E-state index in [0.717, 1.165) is 21.0 Å². The molecule has 0 saturated heterocycles. The van der Waals surface area contributed by atoms with Gasteiger partial charge >= 0.3 is 0 Å². The zero-order chi connectivity index (χ0) is 29.8. The number of carbonyl (C=O) groups is 2. The fourth-order valence-corrected chi connectivity index (χ4v) is 5.95. The molecule has 2 amide bonds. The van der Waals surface area contributed by atoms with Crippen LogP contribution in [0, 0.1) is 13.8 Å². The average molecular weight is 605 g/mol. The van der Waals surface area contributed by atoms with Crippen LogP contribution in [0.3, 0.4) is 0 Å². The van der Waals surface area contributed by atoms with Crippen molar-refractivity contribution < 1.29 is 18.0 Å². The third kappa shape index (κ3) is 7.99. The molecule has 3 rings (SSSR count). The predicted molar refractivity (Wildman–Crippen MR) is 161 cm³/mol. The molecule has 10 heteroatoms. The lowest BCUT2D eigenvalue weighted by molar-refractivity contribution is -0.140. The summed E-state index contributed by atoms with van der Waals surface area (Å²) in [4.78, 5) is 28.6. The van der Waals surface area contributed by atoms with E-state index in [2.05, 4.69) is 5.32 Å². The Labute approximate surface area is 247 Å². The number of halogens is 2. The molecule has 40 heavy (non-hydrogen) atoms. The van der Waals surface area contributed by atoms with Gasteiger partial charge in [-0.3, -0.25) is 13.9 Å². The van der Waals surface area contributed by atoms with Crippen LogP contribution in [0.2, 0.25) is 10.0 Å². The minimum atomic E-state index is -4.25. The van der Waals surface area contributed by atoms with Gasteiger partial charge in [0.05, 0.1) is 15.6 Å². The maximum Gasteiger partial charge on any atom is 0.264 e. The first-order valence-corrected chi connectivity index (χ1v) is 15.0. The highest BCUT2D eigenvalue weighted by Gasteiger charge is 2.34. The van der Waals surface area contributed by atoms with Crippen molar-refractivity contribution in [2.75, 3.05) is 10.8 Å². The maximum absolute atomic E-state index is 14.0. The molecular formula is C30H35Cl2N3O4S. The van der Waals surface area contributed by atoms with Crippen LogP contribution >= 0.6 is 23.2 Å². The largest absolute Gasteiger partial charge is 0.350 e. The van der Waals surface area contributed by atoms with E-state index >= 15 is 0 Å².